The predicted molar refractivity (Wildman–Crippen MR) is 81.1 cm³/mol. The fourth-order valence-electron chi connectivity index (χ4n) is 2.56. The first kappa shape index (κ1) is 17.9. The van der Waals surface area contributed by atoms with Gasteiger partial charge >= 0.3 is 0 Å². The normalized spacial score (nSPS) is 15.7. The van der Waals surface area contributed by atoms with Crippen LogP contribution in [-0.4, -0.2) is 25.8 Å². The molecule has 2 unspecified atom stereocenters. The van der Waals surface area contributed by atoms with E-state index in [0.29, 0.717) is 12.1 Å². The third kappa shape index (κ3) is 7.38. The zero-order valence-corrected chi connectivity index (χ0v) is 13.5. The lowest BCUT2D eigenvalue weighted by atomic mass is 9.82. The Bertz CT molecular complexity index is 186. The molecule has 0 aliphatic carbocycles. The van der Waals surface area contributed by atoms with Gasteiger partial charge in [0.05, 0.1) is 6.10 Å². The molecular formula is C16H35NO. The minimum atomic E-state index is 0.201. The molecule has 0 fully saturated rings. The average Bonchev–Trinajstić information content (AvgIpc) is 2.30. The third-order valence-electron chi connectivity index (χ3n) is 3.55. The van der Waals surface area contributed by atoms with Crippen molar-refractivity contribution in [2.24, 2.45) is 5.41 Å². The number of hydrogen-bond donors (Lipinski definition) is 1. The molecule has 110 valence electrons. The molecule has 0 bridgehead atoms. The molecule has 0 saturated heterocycles. The first-order valence-corrected chi connectivity index (χ1v) is 7.76. The van der Waals surface area contributed by atoms with Crippen molar-refractivity contribution in [1.29, 1.82) is 0 Å². The Morgan fingerprint density at radius 2 is 1.61 bits per heavy atom. The zero-order chi connectivity index (χ0) is 14.0. The minimum Gasteiger partial charge on any atom is -0.376 e. The van der Waals surface area contributed by atoms with Gasteiger partial charge in [-0.1, -0.05) is 59.8 Å². The molecule has 0 saturated carbocycles. The number of likely N-dealkylation sites (N-methyl/N-ethyl adjacent to an activating group) is 1. The molecule has 0 radical (unpaired) electrons. The van der Waals surface area contributed by atoms with Gasteiger partial charge in [-0.05, 0) is 25.8 Å². The molecule has 2 heteroatoms. The van der Waals surface area contributed by atoms with Crippen molar-refractivity contribution in [1.82, 2.24) is 5.32 Å². The van der Waals surface area contributed by atoms with E-state index in [2.05, 4.69) is 47.0 Å². The standard InChI is InChI=1S/C16H35NO/c1-7-9-10-11-12-13-14(17-6)15(18-8-2)16(3,4)5/h14-15,17H,7-13H2,1-6H3. The molecule has 0 aromatic heterocycles. The van der Waals surface area contributed by atoms with Crippen LogP contribution in [0.3, 0.4) is 0 Å². The maximum absolute atomic E-state index is 5.98. The molecule has 0 aliphatic heterocycles. The van der Waals surface area contributed by atoms with Gasteiger partial charge in [0, 0.05) is 12.6 Å². The largest absolute Gasteiger partial charge is 0.376 e. The van der Waals surface area contributed by atoms with Crippen LogP contribution in [0.15, 0.2) is 0 Å². The smallest absolute Gasteiger partial charge is 0.0775 e. The molecule has 0 heterocycles. The van der Waals surface area contributed by atoms with E-state index < -0.39 is 0 Å². The average molecular weight is 257 g/mol. The second kappa shape index (κ2) is 9.80. The van der Waals surface area contributed by atoms with Crippen molar-refractivity contribution in [2.75, 3.05) is 13.7 Å². The van der Waals surface area contributed by atoms with Crippen molar-refractivity contribution in [3.63, 3.8) is 0 Å². The molecule has 18 heavy (non-hydrogen) atoms. The summed E-state index contributed by atoms with van der Waals surface area (Å²) in [6.45, 7) is 12.0. The number of rotatable bonds is 10. The van der Waals surface area contributed by atoms with Crippen LogP contribution in [0.2, 0.25) is 0 Å². The molecule has 0 aromatic rings. The monoisotopic (exact) mass is 257 g/mol. The summed E-state index contributed by atoms with van der Waals surface area (Å²) >= 11 is 0. The minimum absolute atomic E-state index is 0.201. The lowest BCUT2D eigenvalue weighted by Gasteiger charge is -2.36. The first-order chi connectivity index (χ1) is 8.47. The highest BCUT2D eigenvalue weighted by Gasteiger charge is 2.31. The molecule has 0 aromatic carbocycles. The summed E-state index contributed by atoms with van der Waals surface area (Å²) in [6.07, 6.45) is 8.26. The summed E-state index contributed by atoms with van der Waals surface area (Å²) in [7, 11) is 2.06. The zero-order valence-electron chi connectivity index (χ0n) is 13.5. The van der Waals surface area contributed by atoms with Crippen molar-refractivity contribution in [3.05, 3.63) is 0 Å². The summed E-state index contributed by atoms with van der Waals surface area (Å²) in [5.41, 5.74) is 0.201. The number of hydrogen-bond acceptors (Lipinski definition) is 2. The Balaban J connectivity index is 4.17. The highest BCUT2D eigenvalue weighted by atomic mass is 16.5. The van der Waals surface area contributed by atoms with Gasteiger partial charge < -0.3 is 10.1 Å². The van der Waals surface area contributed by atoms with Crippen LogP contribution >= 0.6 is 0 Å². The highest BCUT2D eigenvalue weighted by molar-refractivity contribution is 4.85. The van der Waals surface area contributed by atoms with E-state index in [1.807, 2.05) is 0 Å². The van der Waals surface area contributed by atoms with E-state index in [-0.39, 0.29) is 5.41 Å². The maximum Gasteiger partial charge on any atom is 0.0775 e. The van der Waals surface area contributed by atoms with Gasteiger partial charge in [0.15, 0.2) is 0 Å². The van der Waals surface area contributed by atoms with Gasteiger partial charge in [0.1, 0.15) is 0 Å². The van der Waals surface area contributed by atoms with Crippen LogP contribution in [0.1, 0.15) is 73.1 Å². The molecule has 0 spiro atoms. The van der Waals surface area contributed by atoms with Crippen LogP contribution in [0.25, 0.3) is 0 Å². The SMILES string of the molecule is CCCCCCCC(NC)C(OCC)C(C)(C)C. The van der Waals surface area contributed by atoms with Crippen LogP contribution in [-0.2, 0) is 4.74 Å². The van der Waals surface area contributed by atoms with Gasteiger partial charge in [0.25, 0.3) is 0 Å². The Hall–Kier alpha value is -0.0800. The molecular weight excluding hydrogens is 222 g/mol. The Morgan fingerprint density at radius 3 is 2.06 bits per heavy atom. The van der Waals surface area contributed by atoms with Crippen molar-refractivity contribution < 1.29 is 4.74 Å². The summed E-state index contributed by atoms with van der Waals surface area (Å²) in [5, 5.41) is 3.46. The second-order valence-electron chi connectivity index (χ2n) is 6.34. The van der Waals surface area contributed by atoms with Crippen LogP contribution < -0.4 is 5.32 Å². The first-order valence-electron chi connectivity index (χ1n) is 7.76. The summed E-state index contributed by atoms with van der Waals surface area (Å²) in [5.74, 6) is 0. The van der Waals surface area contributed by atoms with Gasteiger partial charge in [-0.25, -0.2) is 0 Å². The number of nitrogens with one attached hydrogen (secondary N) is 1. The lowest BCUT2D eigenvalue weighted by molar-refractivity contribution is -0.0363. The van der Waals surface area contributed by atoms with E-state index in [9.17, 15) is 0 Å². The summed E-state index contributed by atoms with van der Waals surface area (Å²) < 4.78 is 5.98. The van der Waals surface area contributed by atoms with Crippen molar-refractivity contribution in [2.45, 2.75) is 85.3 Å². The molecule has 0 aliphatic rings. The van der Waals surface area contributed by atoms with Crippen molar-refractivity contribution in [3.8, 4) is 0 Å². The molecule has 2 atom stereocenters. The van der Waals surface area contributed by atoms with E-state index in [1.165, 1.54) is 38.5 Å². The topological polar surface area (TPSA) is 21.3 Å². The predicted octanol–water partition coefficient (Wildman–Crippen LogP) is 4.39. The Kier molecular flexibility index (Phi) is 9.76. The van der Waals surface area contributed by atoms with Crippen LogP contribution in [0.4, 0.5) is 0 Å². The Labute approximate surface area is 115 Å². The molecule has 0 rings (SSSR count). The quantitative estimate of drug-likeness (QED) is 0.586. The van der Waals surface area contributed by atoms with Gasteiger partial charge in [0.2, 0.25) is 0 Å². The second-order valence-corrected chi connectivity index (χ2v) is 6.34. The molecule has 0 amide bonds. The maximum atomic E-state index is 5.98. The van der Waals surface area contributed by atoms with Gasteiger partial charge in [-0.2, -0.15) is 0 Å². The molecule has 2 nitrogen and oxygen atoms in total. The van der Waals surface area contributed by atoms with Crippen LogP contribution in [0, 0.1) is 5.41 Å². The lowest BCUT2D eigenvalue weighted by Crippen LogP contribution is -2.47. The van der Waals surface area contributed by atoms with E-state index in [4.69, 9.17) is 4.74 Å². The fraction of sp³-hybridized carbons (Fsp3) is 1.00. The van der Waals surface area contributed by atoms with E-state index in [0.717, 1.165) is 6.61 Å². The van der Waals surface area contributed by atoms with E-state index >= 15 is 0 Å². The van der Waals surface area contributed by atoms with Crippen molar-refractivity contribution >= 4 is 0 Å². The van der Waals surface area contributed by atoms with E-state index in [1.54, 1.807) is 0 Å². The fourth-order valence-corrected chi connectivity index (χ4v) is 2.56. The molecule has 1 N–H and O–H groups in total. The number of unbranched alkanes of at least 4 members (excludes halogenated alkanes) is 4. The Morgan fingerprint density at radius 1 is 1.00 bits per heavy atom. The van der Waals surface area contributed by atoms with Gasteiger partial charge in [-0.15, -0.1) is 0 Å². The summed E-state index contributed by atoms with van der Waals surface area (Å²) in [6, 6.07) is 0.478. The summed E-state index contributed by atoms with van der Waals surface area (Å²) in [4.78, 5) is 0. The van der Waals surface area contributed by atoms with Crippen LogP contribution in [0.5, 0.6) is 0 Å². The number of ether oxygens (including phenoxy) is 1. The van der Waals surface area contributed by atoms with Gasteiger partial charge in [-0.3, -0.25) is 0 Å². The highest BCUT2D eigenvalue weighted by Crippen LogP contribution is 2.27. The third-order valence-corrected chi connectivity index (χ3v) is 3.55.